The normalized spacial score (nSPS) is 21.1. The van der Waals surface area contributed by atoms with Crippen molar-refractivity contribution >= 4 is 5.69 Å². The van der Waals surface area contributed by atoms with Crippen LogP contribution in [0.3, 0.4) is 0 Å². The topological polar surface area (TPSA) is 28.2 Å². The maximum absolute atomic E-state index is 4.11. The molecule has 1 aliphatic rings. The predicted molar refractivity (Wildman–Crippen MR) is 58.7 cm³/mol. The van der Waals surface area contributed by atoms with Gasteiger partial charge < -0.3 is 10.2 Å². The van der Waals surface area contributed by atoms with E-state index >= 15 is 0 Å². The lowest BCUT2D eigenvalue weighted by atomic mass is 10.1. The number of likely N-dealkylation sites (N-methyl/N-ethyl adjacent to an activating group) is 1. The Hall–Kier alpha value is -1.09. The predicted octanol–water partition coefficient (Wildman–Crippen LogP) is 1.19. The number of hydrogen-bond acceptors (Lipinski definition) is 3. The van der Waals surface area contributed by atoms with Crippen molar-refractivity contribution in [3.63, 3.8) is 0 Å². The van der Waals surface area contributed by atoms with Crippen LogP contribution in [0.25, 0.3) is 0 Å². The first-order valence-electron chi connectivity index (χ1n) is 5.13. The summed E-state index contributed by atoms with van der Waals surface area (Å²) in [4.78, 5) is 6.47. The number of anilines is 1. The summed E-state index contributed by atoms with van der Waals surface area (Å²) in [7, 11) is 2.17. The fourth-order valence-electron chi connectivity index (χ4n) is 2.03. The van der Waals surface area contributed by atoms with Gasteiger partial charge >= 0.3 is 0 Å². The van der Waals surface area contributed by atoms with Crippen LogP contribution in [-0.4, -0.2) is 31.2 Å². The molecule has 1 atom stereocenters. The van der Waals surface area contributed by atoms with Gasteiger partial charge in [0.1, 0.15) is 0 Å². The van der Waals surface area contributed by atoms with Gasteiger partial charge in [-0.25, -0.2) is 0 Å². The molecular formula is C11H17N3. The van der Waals surface area contributed by atoms with Crippen LogP contribution >= 0.6 is 0 Å². The highest BCUT2D eigenvalue weighted by molar-refractivity contribution is 5.51. The molecule has 1 fully saturated rings. The van der Waals surface area contributed by atoms with Gasteiger partial charge in [-0.2, -0.15) is 0 Å². The second-order valence-electron chi connectivity index (χ2n) is 3.92. The third-order valence-corrected chi connectivity index (χ3v) is 2.95. The molecule has 0 aromatic carbocycles. The molecule has 0 aliphatic carbocycles. The number of rotatable bonds is 2. The molecule has 3 heteroatoms. The van der Waals surface area contributed by atoms with E-state index in [0.717, 1.165) is 13.1 Å². The van der Waals surface area contributed by atoms with Gasteiger partial charge in [-0.15, -0.1) is 0 Å². The first kappa shape index (κ1) is 9.46. The Balaban J connectivity index is 2.17. The van der Waals surface area contributed by atoms with Crippen LogP contribution < -0.4 is 10.2 Å². The zero-order valence-electron chi connectivity index (χ0n) is 8.83. The van der Waals surface area contributed by atoms with Crippen molar-refractivity contribution in [3.8, 4) is 0 Å². The molecule has 76 valence electrons. The van der Waals surface area contributed by atoms with E-state index < -0.39 is 0 Å². The van der Waals surface area contributed by atoms with Crippen LogP contribution in [0.4, 0.5) is 5.69 Å². The van der Waals surface area contributed by atoms with E-state index in [4.69, 9.17) is 0 Å². The average Bonchev–Trinajstić information content (AvgIpc) is 2.70. The Morgan fingerprint density at radius 3 is 3.07 bits per heavy atom. The highest BCUT2D eigenvalue weighted by atomic mass is 15.2. The van der Waals surface area contributed by atoms with E-state index in [1.54, 1.807) is 0 Å². The Kier molecular flexibility index (Phi) is 2.68. The molecule has 0 bridgehead atoms. The van der Waals surface area contributed by atoms with Gasteiger partial charge in [-0.1, -0.05) is 0 Å². The van der Waals surface area contributed by atoms with Gasteiger partial charge in [-0.3, -0.25) is 4.98 Å². The maximum atomic E-state index is 4.11. The van der Waals surface area contributed by atoms with Gasteiger partial charge in [0.15, 0.2) is 0 Å². The minimum Gasteiger partial charge on any atom is -0.370 e. The van der Waals surface area contributed by atoms with Crippen molar-refractivity contribution in [2.24, 2.45) is 0 Å². The van der Waals surface area contributed by atoms with Crippen molar-refractivity contribution in [1.29, 1.82) is 0 Å². The Bertz CT molecular complexity index is 305. The first-order chi connectivity index (χ1) is 6.79. The molecule has 14 heavy (non-hydrogen) atoms. The molecule has 1 aliphatic heterocycles. The fourth-order valence-corrected chi connectivity index (χ4v) is 2.03. The third-order valence-electron chi connectivity index (χ3n) is 2.95. The molecule has 1 N–H and O–H groups in total. The molecule has 0 saturated carbocycles. The molecule has 2 heterocycles. The SMILES string of the molecule is Cc1cnccc1N(C)C1CCNC1. The molecular weight excluding hydrogens is 174 g/mol. The molecule has 2 rings (SSSR count). The maximum Gasteiger partial charge on any atom is 0.0427 e. The highest BCUT2D eigenvalue weighted by Crippen LogP contribution is 2.21. The van der Waals surface area contributed by atoms with Crippen molar-refractivity contribution < 1.29 is 0 Å². The molecule has 1 unspecified atom stereocenters. The van der Waals surface area contributed by atoms with Crippen molar-refractivity contribution in [1.82, 2.24) is 10.3 Å². The number of nitrogens with one attached hydrogen (secondary N) is 1. The van der Waals surface area contributed by atoms with Gasteiger partial charge in [0.05, 0.1) is 0 Å². The number of hydrogen-bond donors (Lipinski definition) is 1. The Morgan fingerprint density at radius 2 is 2.43 bits per heavy atom. The second kappa shape index (κ2) is 3.96. The highest BCUT2D eigenvalue weighted by Gasteiger charge is 2.20. The van der Waals surface area contributed by atoms with Gasteiger partial charge in [-0.05, 0) is 31.5 Å². The number of nitrogens with zero attached hydrogens (tertiary/aromatic N) is 2. The summed E-state index contributed by atoms with van der Waals surface area (Å²) < 4.78 is 0. The first-order valence-corrected chi connectivity index (χ1v) is 5.13. The Morgan fingerprint density at radius 1 is 1.57 bits per heavy atom. The van der Waals surface area contributed by atoms with Crippen LogP contribution in [0.1, 0.15) is 12.0 Å². The molecule has 0 radical (unpaired) electrons. The number of aryl methyl sites for hydroxylation is 1. The summed E-state index contributed by atoms with van der Waals surface area (Å²) in [5.41, 5.74) is 2.55. The van der Waals surface area contributed by atoms with Crippen LogP contribution in [0, 0.1) is 6.92 Å². The molecule has 0 amide bonds. The lowest BCUT2D eigenvalue weighted by Gasteiger charge is -2.27. The molecule has 1 aromatic heterocycles. The number of aromatic nitrogens is 1. The third kappa shape index (κ3) is 1.73. The van der Waals surface area contributed by atoms with Crippen molar-refractivity contribution in [2.45, 2.75) is 19.4 Å². The largest absolute Gasteiger partial charge is 0.370 e. The lowest BCUT2D eigenvalue weighted by Crippen LogP contribution is -2.33. The molecule has 1 aromatic rings. The van der Waals surface area contributed by atoms with E-state index in [2.05, 4.69) is 35.2 Å². The van der Waals surface area contributed by atoms with E-state index in [1.165, 1.54) is 17.7 Å². The monoisotopic (exact) mass is 191 g/mol. The van der Waals surface area contributed by atoms with Gasteiger partial charge in [0, 0.05) is 37.7 Å². The fraction of sp³-hybridized carbons (Fsp3) is 0.545. The molecule has 1 saturated heterocycles. The summed E-state index contributed by atoms with van der Waals surface area (Å²) in [5.74, 6) is 0. The summed E-state index contributed by atoms with van der Waals surface area (Å²) in [6, 6.07) is 2.73. The zero-order chi connectivity index (χ0) is 9.97. The quantitative estimate of drug-likeness (QED) is 0.761. The van der Waals surface area contributed by atoms with Gasteiger partial charge in [0.25, 0.3) is 0 Å². The van der Waals surface area contributed by atoms with E-state index in [-0.39, 0.29) is 0 Å². The smallest absolute Gasteiger partial charge is 0.0427 e. The second-order valence-corrected chi connectivity index (χ2v) is 3.92. The minimum atomic E-state index is 0.635. The standard InChI is InChI=1S/C11H17N3/c1-9-7-12-6-4-11(9)14(2)10-3-5-13-8-10/h4,6-7,10,13H,3,5,8H2,1-2H3. The molecule has 0 spiro atoms. The lowest BCUT2D eigenvalue weighted by molar-refractivity contribution is 0.683. The molecule has 3 nitrogen and oxygen atoms in total. The zero-order valence-corrected chi connectivity index (χ0v) is 8.83. The average molecular weight is 191 g/mol. The van der Waals surface area contributed by atoms with Gasteiger partial charge in [0.2, 0.25) is 0 Å². The van der Waals surface area contributed by atoms with E-state index in [9.17, 15) is 0 Å². The summed E-state index contributed by atoms with van der Waals surface area (Å²) >= 11 is 0. The van der Waals surface area contributed by atoms with Crippen LogP contribution in [0.2, 0.25) is 0 Å². The van der Waals surface area contributed by atoms with Crippen molar-refractivity contribution in [3.05, 3.63) is 24.0 Å². The van der Waals surface area contributed by atoms with Crippen LogP contribution in [0.5, 0.6) is 0 Å². The van der Waals surface area contributed by atoms with E-state index in [1.807, 2.05) is 12.4 Å². The summed E-state index contributed by atoms with van der Waals surface area (Å²) in [6.07, 6.45) is 5.02. The van der Waals surface area contributed by atoms with E-state index in [0.29, 0.717) is 6.04 Å². The van der Waals surface area contributed by atoms with Crippen molar-refractivity contribution in [2.75, 3.05) is 25.0 Å². The summed E-state index contributed by atoms with van der Waals surface area (Å²) in [6.45, 7) is 4.35. The number of pyridine rings is 1. The van der Waals surface area contributed by atoms with Crippen LogP contribution in [-0.2, 0) is 0 Å². The van der Waals surface area contributed by atoms with Crippen LogP contribution in [0.15, 0.2) is 18.5 Å². The minimum absolute atomic E-state index is 0.635. The Labute approximate surface area is 85.1 Å². The summed E-state index contributed by atoms with van der Waals surface area (Å²) in [5, 5.41) is 3.39.